The van der Waals surface area contributed by atoms with E-state index in [1.54, 1.807) is 0 Å². The van der Waals surface area contributed by atoms with Crippen LogP contribution in [0.5, 0.6) is 17.2 Å². The van der Waals surface area contributed by atoms with Crippen molar-refractivity contribution in [2.24, 2.45) is 0 Å². The molecule has 0 unspecified atom stereocenters. The maximum atomic E-state index is 5.57. The largest absolute Gasteiger partial charge is 0.494 e. The van der Waals surface area contributed by atoms with Crippen LogP contribution in [0.25, 0.3) is 0 Å². The van der Waals surface area contributed by atoms with Crippen LogP contribution in [0.1, 0.15) is 18.9 Å². The predicted octanol–water partition coefficient (Wildman–Crippen LogP) is 3.82. The maximum absolute atomic E-state index is 5.57. The molecule has 0 saturated heterocycles. The Morgan fingerprint density at radius 3 is 2.76 bits per heavy atom. The van der Waals surface area contributed by atoms with Crippen LogP contribution < -0.4 is 19.5 Å². The third kappa shape index (κ3) is 3.21. The van der Waals surface area contributed by atoms with Crippen molar-refractivity contribution in [1.29, 1.82) is 0 Å². The predicted molar refractivity (Wildman–Crippen MR) is 82.1 cm³/mol. The van der Waals surface area contributed by atoms with E-state index in [-0.39, 0.29) is 0 Å². The summed E-state index contributed by atoms with van der Waals surface area (Å²) in [6.07, 6.45) is 1.02. The summed E-state index contributed by atoms with van der Waals surface area (Å²) >= 11 is 0. The van der Waals surface area contributed by atoms with Gasteiger partial charge in [-0.15, -0.1) is 0 Å². The Labute approximate surface area is 124 Å². The van der Waals surface area contributed by atoms with Crippen molar-refractivity contribution >= 4 is 5.69 Å². The van der Waals surface area contributed by atoms with E-state index in [4.69, 9.17) is 14.2 Å². The van der Waals surface area contributed by atoms with Gasteiger partial charge in [0.25, 0.3) is 0 Å². The van der Waals surface area contributed by atoms with Crippen molar-refractivity contribution in [3.05, 3.63) is 48.0 Å². The summed E-state index contributed by atoms with van der Waals surface area (Å²) in [4.78, 5) is 0. The third-order valence-corrected chi connectivity index (χ3v) is 3.29. The first-order chi connectivity index (χ1) is 10.4. The van der Waals surface area contributed by atoms with Crippen LogP contribution in [0.4, 0.5) is 5.69 Å². The number of hydrogen-bond acceptors (Lipinski definition) is 4. The molecule has 2 aromatic carbocycles. The molecule has 1 N–H and O–H groups in total. The molecular formula is C17H19NO3. The van der Waals surface area contributed by atoms with Gasteiger partial charge in [0.2, 0.25) is 6.79 Å². The van der Waals surface area contributed by atoms with E-state index in [1.807, 2.05) is 42.5 Å². The molecule has 0 radical (unpaired) electrons. The first-order valence-corrected chi connectivity index (χ1v) is 7.21. The van der Waals surface area contributed by atoms with Crippen LogP contribution in [0.15, 0.2) is 42.5 Å². The molecule has 0 aliphatic carbocycles. The summed E-state index contributed by atoms with van der Waals surface area (Å²) in [7, 11) is 0. The van der Waals surface area contributed by atoms with Gasteiger partial charge in [-0.25, -0.2) is 0 Å². The fourth-order valence-corrected chi connectivity index (χ4v) is 2.22. The van der Waals surface area contributed by atoms with Gasteiger partial charge in [-0.1, -0.05) is 19.1 Å². The second-order valence-corrected chi connectivity index (χ2v) is 4.88. The molecule has 4 nitrogen and oxygen atoms in total. The quantitative estimate of drug-likeness (QED) is 0.876. The molecule has 3 rings (SSSR count). The number of fused-ring (bicyclic) bond motifs is 1. The van der Waals surface area contributed by atoms with Gasteiger partial charge < -0.3 is 19.5 Å². The number of hydrogen-bond donors (Lipinski definition) is 1. The molecule has 0 fully saturated rings. The van der Waals surface area contributed by atoms with Gasteiger partial charge in [0, 0.05) is 17.8 Å². The standard InChI is InChI=1S/C17H19NO3/c1-2-10-19-15-8-6-14(7-9-15)18-11-13-4-3-5-16-17(13)21-12-20-16/h3-9,18H,2,10-12H2,1H3. The molecule has 1 heterocycles. The third-order valence-electron chi connectivity index (χ3n) is 3.29. The van der Waals surface area contributed by atoms with Gasteiger partial charge >= 0.3 is 0 Å². The summed E-state index contributed by atoms with van der Waals surface area (Å²) in [5.41, 5.74) is 2.15. The highest BCUT2D eigenvalue weighted by molar-refractivity contribution is 5.51. The van der Waals surface area contributed by atoms with Crippen molar-refractivity contribution in [2.75, 3.05) is 18.7 Å². The summed E-state index contributed by atoms with van der Waals surface area (Å²) in [6.45, 7) is 3.85. The number of para-hydroxylation sites is 1. The minimum atomic E-state index is 0.301. The van der Waals surface area contributed by atoms with Crippen molar-refractivity contribution in [2.45, 2.75) is 19.9 Å². The van der Waals surface area contributed by atoms with E-state index in [1.165, 1.54) is 0 Å². The van der Waals surface area contributed by atoms with E-state index >= 15 is 0 Å². The zero-order valence-corrected chi connectivity index (χ0v) is 12.1. The topological polar surface area (TPSA) is 39.7 Å². The smallest absolute Gasteiger partial charge is 0.231 e. The van der Waals surface area contributed by atoms with Gasteiger partial charge in [0.05, 0.1) is 6.61 Å². The van der Waals surface area contributed by atoms with Gasteiger partial charge in [0.1, 0.15) is 5.75 Å². The average Bonchev–Trinajstić information content (AvgIpc) is 3.01. The summed E-state index contributed by atoms with van der Waals surface area (Å²) in [5.74, 6) is 2.56. The number of rotatable bonds is 6. The Hall–Kier alpha value is -2.36. The second kappa shape index (κ2) is 6.39. The molecule has 0 amide bonds. The Morgan fingerprint density at radius 2 is 1.95 bits per heavy atom. The Kier molecular flexibility index (Phi) is 4.15. The fraction of sp³-hybridized carbons (Fsp3) is 0.294. The number of ether oxygens (including phenoxy) is 3. The molecule has 0 saturated carbocycles. The van der Waals surface area contributed by atoms with Crippen LogP contribution in [0.2, 0.25) is 0 Å². The molecule has 1 aliphatic heterocycles. The number of nitrogens with one attached hydrogen (secondary N) is 1. The fourth-order valence-electron chi connectivity index (χ4n) is 2.22. The Balaban J connectivity index is 1.61. The Morgan fingerprint density at radius 1 is 1.10 bits per heavy atom. The highest BCUT2D eigenvalue weighted by Gasteiger charge is 2.16. The van der Waals surface area contributed by atoms with Crippen LogP contribution in [0.3, 0.4) is 0 Å². The van der Waals surface area contributed by atoms with Gasteiger partial charge in [-0.3, -0.25) is 0 Å². The van der Waals surface area contributed by atoms with E-state index in [9.17, 15) is 0 Å². The molecule has 21 heavy (non-hydrogen) atoms. The van der Waals surface area contributed by atoms with Crippen molar-refractivity contribution in [3.63, 3.8) is 0 Å². The Bertz CT molecular complexity index is 595. The van der Waals surface area contributed by atoms with Crippen LogP contribution in [-0.2, 0) is 6.54 Å². The molecule has 4 heteroatoms. The summed E-state index contributed by atoms with van der Waals surface area (Å²) < 4.78 is 16.4. The van der Waals surface area contributed by atoms with E-state index in [2.05, 4.69) is 12.2 Å². The van der Waals surface area contributed by atoms with E-state index in [0.717, 1.165) is 41.5 Å². The first kappa shape index (κ1) is 13.6. The van der Waals surface area contributed by atoms with E-state index in [0.29, 0.717) is 13.3 Å². The van der Waals surface area contributed by atoms with Crippen molar-refractivity contribution in [1.82, 2.24) is 0 Å². The lowest BCUT2D eigenvalue weighted by Gasteiger charge is -2.10. The lowest BCUT2D eigenvalue weighted by molar-refractivity contribution is 0.173. The average molecular weight is 285 g/mol. The summed E-state index contributed by atoms with van der Waals surface area (Å²) in [5, 5.41) is 3.38. The maximum Gasteiger partial charge on any atom is 0.231 e. The molecule has 0 bridgehead atoms. The van der Waals surface area contributed by atoms with Gasteiger partial charge in [-0.05, 0) is 36.8 Å². The molecule has 0 spiro atoms. The zero-order valence-electron chi connectivity index (χ0n) is 12.1. The molecule has 110 valence electrons. The zero-order chi connectivity index (χ0) is 14.5. The molecule has 0 atom stereocenters. The lowest BCUT2D eigenvalue weighted by atomic mass is 10.2. The highest BCUT2D eigenvalue weighted by Crippen LogP contribution is 2.35. The lowest BCUT2D eigenvalue weighted by Crippen LogP contribution is -2.01. The van der Waals surface area contributed by atoms with Crippen LogP contribution in [-0.4, -0.2) is 13.4 Å². The highest BCUT2D eigenvalue weighted by atomic mass is 16.7. The first-order valence-electron chi connectivity index (χ1n) is 7.21. The molecule has 1 aliphatic rings. The van der Waals surface area contributed by atoms with Crippen LogP contribution >= 0.6 is 0 Å². The van der Waals surface area contributed by atoms with Crippen LogP contribution in [0, 0.1) is 0 Å². The molecule has 0 aromatic heterocycles. The van der Waals surface area contributed by atoms with Crippen molar-refractivity contribution in [3.8, 4) is 17.2 Å². The summed E-state index contributed by atoms with van der Waals surface area (Å²) in [6, 6.07) is 13.9. The SMILES string of the molecule is CCCOc1ccc(NCc2cccc3c2OCO3)cc1. The normalized spacial score (nSPS) is 12.2. The molecular weight excluding hydrogens is 266 g/mol. The number of anilines is 1. The minimum Gasteiger partial charge on any atom is -0.494 e. The number of benzene rings is 2. The van der Waals surface area contributed by atoms with E-state index < -0.39 is 0 Å². The van der Waals surface area contributed by atoms with Gasteiger partial charge in [0.15, 0.2) is 11.5 Å². The van der Waals surface area contributed by atoms with Crippen molar-refractivity contribution < 1.29 is 14.2 Å². The monoisotopic (exact) mass is 285 g/mol. The van der Waals surface area contributed by atoms with Gasteiger partial charge in [-0.2, -0.15) is 0 Å². The molecule has 2 aromatic rings. The minimum absolute atomic E-state index is 0.301. The second-order valence-electron chi connectivity index (χ2n) is 4.88.